The molecule has 1 aromatic rings. The van der Waals surface area contributed by atoms with Crippen molar-refractivity contribution < 1.29 is 15.0 Å². The second-order valence-corrected chi connectivity index (χ2v) is 3.89. The first-order valence-electron chi connectivity index (χ1n) is 3.67. The molecule has 2 N–H and O–H groups in total. The molecule has 0 heterocycles. The maximum atomic E-state index is 10.7. The molecule has 0 aromatic heterocycles. The van der Waals surface area contributed by atoms with Crippen molar-refractivity contribution in [2.24, 2.45) is 0 Å². The molecule has 0 saturated carbocycles. The Hall–Kier alpha value is -0.780. The lowest BCUT2D eigenvalue weighted by Crippen LogP contribution is -2.02. The van der Waals surface area contributed by atoms with Crippen LogP contribution in [0.5, 0.6) is 5.75 Å². The second kappa shape index (κ2) is 3.53. The van der Waals surface area contributed by atoms with Crippen LogP contribution in [0.1, 0.15) is 21.5 Å². The van der Waals surface area contributed by atoms with Gasteiger partial charge in [-0.15, -0.1) is 0 Å². The first kappa shape index (κ1) is 10.3. The van der Waals surface area contributed by atoms with Gasteiger partial charge in [0, 0.05) is 0 Å². The van der Waals surface area contributed by atoms with E-state index in [-0.39, 0.29) is 11.3 Å². The van der Waals surface area contributed by atoms with E-state index >= 15 is 0 Å². The van der Waals surface area contributed by atoms with E-state index in [9.17, 15) is 9.90 Å². The summed E-state index contributed by atoms with van der Waals surface area (Å²) in [5, 5.41) is 18.2. The standard InChI is InChI=1S/C9H9IO3/c1-4-5(2)8(10)7(11)3-6(4)9(12)13/h3,11H,1-2H3,(H,12,13). The van der Waals surface area contributed by atoms with Crippen molar-refractivity contribution in [3.05, 3.63) is 26.3 Å². The van der Waals surface area contributed by atoms with Gasteiger partial charge in [0.1, 0.15) is 5.75 Å². The van der Waals surface area contributed by atoms with Gasteiger partial charge in [-0.25, -0.2) is 4.79 Å². The van der Waals surface area contributed by atoms with E-state index in [2.05, 4.69) is 0 Å². The molecule has 0 atom stereocenters. The van der Waals surface area contributed by atoms with Crippen LogP contribution in [0, 0.1) is 17.4 Å². The quantitative estimate of drug-likeness (QED) is 0.781. The van der Waals surface area contributed by atoms with Gasteiger partial charge in [-0.1, -0.05) is 0 Å². The molecule has 0 spiro atoms. The Kier molecular flexibility index (Phi) is 2.80. The fraction of sp³-hybridized carbons (Fsp3) is 0.222. The molecule has 0 bridgehead atoms. The highest BCUT2D eigenvalue weighted by Crippen LogP contribution is 2.28. The number of phenolic OH excluding ortho intramolecular Hbond substituents is 1. The molecule has 0 amide bonds. The average molecular weight is 292 g/mol. The molecule has 1 rings (SSSR count). The Bertz CT molecular complexity index is 372. The molecule has 1 aromatic carbocycles. The molecular weight excluding hydrogens is 283 g/mol. The van der Waals surface area contributed by atoms with Gasteiger partial charge < -0.3 is 10.2 Å². The monoisotopic (exact) mass is 292 g/mol. The van der Waals surface area contributed by atoms with Crippen LogP contribution in [0.25, 0.3) is 0 Å². The Morgan fingerprint density at radius 2 is 1.92 bits per heavy atom. The third-order valence-electron chi connectivity index (χ3n) is 2.03. The molecule has 0 radical (unpaired) electrons. The SMILES string of the molecule is Cc1c(C(=O)O)cc(O)c(I)c1C. The van der Waals surface area contributed by atoms with Gasteiger partial charge in [-0.3, -0.25) is 0 Å². The molecule has 3 nitrogen and oxygen atoms in total. The van der Waals surface area contributed by atoms with Crippen LogP contribution in [-0.4, -0.2) is 16.2 Å². The van der Waals surface area contributed by atoms with E-state index < -0.39 is 5.97 Å². The lowest BCUT2D eigenvalue weighted by atomic mass is 10.0. The van der Waals surface area contributed by atoms with E-state index in [1.54, 1.807) is 13.8 Å². The van der Waals surface area contributed by atoms with Crippen LogP contribution in [0.4, 0.5) is 0 Å². The highest BCUT2D eigenvalue weighted by Gasteiger charge is 2.14. The van der Waals surface area contributed by atoms with Crippen molar-refractivity contribution in [1.29, 1.82) is 0 Å². The normalized spacial score (nSPS) is 10.1. The van der Waals surface area contributed by atoms with Gasteiger partial charge >= 0.3 is 5.97 Å². The first-order valence-corrected chi connectivity index (χ1v) is 4.75. The van der Waals surface area contributed by atoms with Crippen molar-refractivity contribution in [3.8, 4) is 5.75 Å². The largest absolute Gasteiger partial charge is 0.507 e. The molecule has 4 heteroatoms. The number of halogens is 1. The predicted octanol–water partition coefficient (Wildman–Crippen LogP) is 2.31. The maximum absolute atomic E-state index is 10.7. The third-order valence-corrected chi connectivity index (χ3v) is 3.39. The van der Waals surface area contributed by atoms with E-state index in [4.69, 9.17) is 5.11 Å². The van der Waals surface area contributed by atoms with Crippen LogP contribution in [0.2, 0.25) is 0 Å². The van der Waals surface area contributed by atoms with E-state index in [1.807, 2.05) is 22.6 Å². The number of carboxylic acids is 1. The lowest BCUT2D eigenvalue weighted by Gasteiger charge is -2.08. The van der Waals surface area contributed by atoms with Gasteiger partial charge in [0.05, 0.1) is 9.13 Å². The molecular formula is C9H9IO3. The molecule has 0 aliphatic carbocycles. The molecule has 0 fully saturated rings. The summed E-state index contributed by atoms with van der Waals surface area (Å²) in [7, 11) is 0. The molecule has 13 heavy (non-hydrogen) atoms. The van der Waals surface area contributed by atoms with Gasteiger partial charge in [-0.05, 0) is 53.6 Å². The number of rotatable bonds is 1. The van der Waals surface area contributed by atoms with E-state index in [0.717, 1.165) is 5.56 Å². The summed E-state index contributed by atoms with van der Waals surface area (Å²) >= 11 is 1.99. The number of hydrogen-bond acceptors (Lipinski definition) is 2. The topological polar surface area (TPSA) is 57.5 Å². The number of aromatic hydroxyl groups is 1. The summed E-state index contributed by atoms with van der Waals surface area (Å²) in [6.07, 6.45) is 0. The van der Waals surface area contributed by atoms with E-state index in [1.165, 1.54) is 6.07 Å². The third kappa shape index (κ3) is 1.77. The van der Waals surface area contributed by atoms with Crippen LogP contribution in [-0.2, 0) is 0 Å². The summed E-state index contributed by atoms with van der Waals surface area (Å²) in [5.41, 5.74) is 1.68. The van der Waals surface area contributed by atoms with Gasteiger partial charge in [0.25, 0.3) is 0 Å². The maximum Gasteiger partial charge on any atom is 0.336 e. The summed E-state index contributed by atoms with van der Waals surface area (Å²) in [6, 6.07) is 1.28. The van der Waals surface area contributed by atoms with Crippen molar-refractivity contribution in [2.45, 2.75) is 13.8 Å². The van der Waals surface area contributed by atoms with Gasteiger partial charge in [0.2, 0.25) is 0 Å². The zero-order chi connectivity index (χ0) is 10.2. The molecule has 0 aliphatic rings. The van der Waals surface area contributed by atoms with Crippen LogP contribution >= 0.6 is 22.6 Å². The van der Waals surface area contributed by atoms with E-state index in [0.29, 0.717) is 9.13 Å². The minimum atomic E-state index is -1.01. The first-order chi connectivity index (χ1) is 5.95. The Morgan fingerprint density at radius 1 is 1.38 bits per heavy atom. The Balaban J connectivity index is 3.50. The molecule has 0 unspecified atom stereocenters. The van der Waals surface area contributed by atoms with Crippen molar-refractivity contribution in [2.75, 3.05) is 0 Å². The number of benzene rings is 1. The zero-order valence-electron chi connectivity index (χ0n) is 7.26. The fourth-order valence-corrected chi connectivity index (χ4v) is 1.65. The zero-order valence-corrected chi connectivity index (χ0v) is 9.42. The number of hydrogen-bond donors (Lipinski definition) is 2. The average Bonchev–Trinajstić information content (AvgIpc) is 2.07. The Morgan fingerprint density at radius 3 is 2.38 bits per heavy atom. The van der Waals surface area contributed by atoms with Crippen molar-refractivity contribution in [1.82, 2.24) is 0 Å². The minimum Gasteiger partial charge on any atom is -0.507 e. The predicted molar refractivity (Wildman–Crippen MR) is 57.3 cm³/mol. The molecule has 0 saturated heterocycles. The summed E-state index contributed by atoms with van der Waals surface area (Å²) in [6.45, 7) is 3.53. The fourth-order valence-electron chi connectivity index (χ4n) is 1.09. The minimum absolute atomic E-state index is 0.0288. The number of phenols is 1. The second-order valence-electron chi connectivity index (χ2n) is 2.81. The number of carbonyl (C=O) groups is 1. The number of carboxylic acid groups (broad SMARTS) is 1. The highest BCUT2D eigenvalue weighted by atomic mass is 127. The number of aromatic carboxylic acids is 1. The van der Waals surface area contributed by atoms with Gasteiger partial charge in [0.15, 0.2) is 0 Å². The molecule has 70 valence electrons. The highest BCUT2D eigenvalue weighted by molar-refractivity contribution is 14.1. The summed E-state index contributed by atoms with van der Waals surface area (Å²) in [5.74, 6) is -0.978. The van der Waals surface area contributed by atoms with Crippen molar-refractivity contribution in [3.63, 3.8) is 0 Å². The van der Waals surface area contributed by atoms with Crippen LogP contribution < -0.4 is 0 Å². The van der Waals surface area contributed by atoms with Crippen LogP contribution in [0.3, 0.4) is 0 Å². The van der Waals surface area contributed by atoms with Gasteiger partial charge in [-0.2, -0.15) is 0 Å². The molecule has 0 aliphatic heterocycles. The summed E-state index contributed by atoms with van der Waals surface area (Å²) < 4.78 is 0.708. The van der Waals surface area contributed by atoms with Crippen LogP contribution in [0.15, 0.2) is 6.07 Å². The lowest BCUT2D eigenvalue weighted by molar-refractivity contribution is 0.0695. The Labute approximate surface area is 89.5 Å². The summed E-state index contributed by atoms with van der Waals surface area (Å²) in [4.78, 5) is 10.7. The van der Waals surface area contributed by atoms with Crippen molar-refractivity contribution >= 4 is 28.6 Å². The smallest absolute Gasteiger partial charge is 0.336 e.